The summed E-state index contributed by atoms with van der Waals surface area (Å²) in [5.41, 5.74) is 8.20. The Morgan fingerprint density at radius 1 is 1.23 bits per heavy atom. The zero-order valence-electron chi connectivity index (χ0n) is 14.6. The van der Waals surface area contributed by atoms with E-state index in [1.807, 2.05) is 4.90 Å². The van der Waals surface area contributed by atoms with E-state index in [-0.39, 0.29) is 30.0 Å². The zero-order valence-corrected chi connectivity index (χ0v) is 15.5. The zero-order chi connectivity index (χ0) is 17.8. The smallest absolute Gasteiger partial charge is 0.267 e. The first kappa shape index (κ1) is 19.9. The largest absolute Gasteiger partial charge is 0.364 e. The summed E-state index contributed by atoms with van der Waals surface area (Å²) in [6, 6.07) is 11.5. The van der Waals surface area contributed by atoms with E-state index in [4.69, 9.17) is 5.73 Å². The molecule has 0 bridgehead atoms. The van der Waals surface area contributed by atoms with Crippen LogP contribution in [0.3, 0.4) is 0 Å². The molecule has 1 saturated heterocycles. The topological polar surface area (TPSA) is 88.3 Å². The second-order valence-electron chi connectivity index (χ2n) is 6.11. The number of amides is 2. The van der Waals surface area contributed by atoms with Crippen LogP contribution in [0, 0.1) is 0 Å². The summed E-state index contributed by atoms with van der Waals surface area (Å²) in [4.78, 5) is 29.9. The van der Waals surface area contributed by atoms with Crippen LogP contribution in [0.5, 0.6) is 0 Å². The minimum atomic E-state index is -0.602. The van der Waals surface area contributed by atoms with Crippen molar-refractivity contribution in [2.24, 2.45) is 5.73 Å². The van der Waals surface area contributed by atoms with Gasteiger partial charge in [0.25, 0.3) is 11.8 Å². The van der Waals surface area contributed by atoms with Crippen molar-refractivity contribution in [2.75, 3.05) is 19.6 Å². The summed E-state index contributed by atoms with van der Waals surface area (Å²) in [5, 5.41) is 3.35. The molecule has 0 aliphatic carbocycles. The van der Waals surface area contributed by atoms with Crippen molar-refractivity contribution in [3.05, 3.63) is 65.0 Å². The Bertz CT molecular complexity index is 762. The number of benzene rings is 1. The summed E-state index contributed by atoms with van der Waals surface area (Å²) in [6.07, 6.45) is 2.41. The van der Waals surface area contributed by atoms with E-state index in [0.29, 0.717) is 18.7 Å². The van der Waals surface area contributed by atoms with Gasteiger partial charge in [0.15, 0.2) is 0 Å². The molecule has 1 atom stereocenters. The van der Waals surface area contributed by atoms with Gasteiger partial charge in [0, 0.05) is 25.8 Å². The Kier molecular flexibility index (Phi) is 6.71. The number of nitrogens with two attached hydrogens (primary N) is 1. The van der Waals surface area contributed by atoms with E-state index in [2.05, 4.69) is 41.5 Å². The lowest BCUT2D eigenvalue weighted by atomic mass is 10.00. The van der Waals surface area contributed by atoms with Gasteiger partial charge < -0.3 is 16.0 Å². The Morgan fingerprint density at radius 3 is 2.54 bits per heavy atom. The normalized spacial score (nSPS) is 16.7. The summed E-state index contributed by atoms with van der Waals surface area (Å²) in [6.45, 7) is 4.21. The number of rotatable bonds is 4. The summed E-state index contributed by atoms with van der Waals surface area (Å²) >= 11 is 0. The van der Waals surface area contributed by atoms with E-state index in [0.717, 1.165) is 18.5 Å². The second-order valence-corrected chi connectivity index (χ2v) is 6.11. The number of nitrogens with one attached hydrogen (secondary N) is 1. The van der Waals surface area contributed by atoms with Gasteiger partial charge in [-0.15, -0.1) is 12.4 Å². The fourth-order valence-electron chi connectivity index (χ4n) is 3.05. The number of aromatic nitrogens is 1. The molecule has 1 aliphatic rings. The Hall–Kier alpha value is -2.44. The Morgan fingerprint density at radius 2 is 1.96 bits per heavy atom. The van der Waals surface area contributed by atoms with Crippen LogP contribution in [-0.2, 0) is 6.42 Å². The lowest BCUT2D eigenvalue weighted by Gasteiger charge is -2.36. The molecule has 1 unspecified atom stereocenters. The molecule has 1 aromatic carbocycles. The average molecular weight is 375 g/mol. The number of hydrogen-bond donors (Lipinski definition) is 2. The van der Waals surface area contributed by atoms with Crippen LogP contribution in [0.2, 0.25) is 0 Å². The highest BCUT2D eigenvalue weighted by atomic mass is 35.5. The van der Waals surface area contributed by atoms with Crippen molar-refractivity contribution in [3.63, 3.8) is 0 Å². The molecular weight excluding hydrogens is 352 g/mol. The molecule has 3 rings (SSSR count). The molecule has 0 saturated carbocycles. The third-order valence-corrected chi connectivity index (χ3v) is 4.54. The number of primary amides is 1. The number of aryl methyl sites for hydroxylation is 1. The lowest BCUT2D eigenvalue weighted by Crippen LogP contribution is -2.48. The monoisotopic (exact) mass is 374 g/mol. The molecule has 6 nitrogen and oxygen atoms in total. The molecule has 1 fully saturated rings. The van der Waals surface area contributed by atoms with Gasteiger partial charge in [-0.3, -0.25) is 14.6 Å². The van der Waals surface area contributed by atoms with Gasteiger partial charge in [0.1, 0.15) is 5.69 Å². The van der Waals surface area contributed by atoms with Gasteiger partial charge in [0.2, 0.25) is 0 Å². The van der Waals surface area contributed by atoms with Crippen molar-refractivity contribution in [2.45, 2.75) is 19.4 Å². The van der Waals surface area contributed by atoms with Crippen molar-refractivity contribution >= 4 is 24.2 Å². The van der Waals surface area contributed by atoms with Gasteiger partial charge in [-0.1, -0.05) is 31.2 Å². The van der Waals surface area contributed by atoms with Crippen LogP contribution in [0.4, 0.5) is 0 Å². The molecule has 1 aliphatic heterocycles. The highest BCUT2D eigenvalue weighted by Crippen LogP contribution is 2.24. The van der Waals surface area contributed by atoms with Crippen LogP contribution in [0.25, 0.3) is 0 Å². The molecule has 2 heterocycles. The number of carbonyl (C=O) groups excluding carboxylic acids is 2. The fourth-order valence-corrected chi connectivity index (χ4v) is 3.05. The average Bonchev–Trinajstić information content (AvgIpc) is 2.67. The highest BCUT2D eigenvalue weighted by molar-refractivity contribution is 5.96. The van der Waals surface area contributed by atoms with E-state index in [9.17, 15) is 9.59 Å². The standard InChI is InChI=1S/C19H22N4O2.ClH/c1-2-13-3-5-14(6-4-13)17-12-21-9-10-23(17)19(25)15-7-8-16(18(20)24)22-11-15;/h3-8,11,17,21H,2,9-10,12H2,1H3,(H2,20,24);1H. The Balaban J connectivity index is 0.00000243. The van der Waals surface area contributed by atoms with Crippen LogP contribution in [0.1, 0.15) is 44.9 Å². The number of hydrogen-bond acceptors (Lipinski definition) is 4. The minimum absolute atomic E-state index is 0. The van der Waals surface area contributed by atoms with Crippen LogP contribution >= 0.6 is 12.4 Å². The van der Waals surface area contributed by atoms with Crippen LogP contribution in [-0.4, -0.2) is 41.3 Å². The molecule has 2 amide bonds. The number of pyridine rings is 1. The number of carbonyl (C=O) groups is 2. The molecule has 0 spiro atoms. The van der Waals surface area contributed by atoms with Crippen molar-refractivity contribution < 1.29 is 9.59 Å². The molecule has 138 valence electrons. The van der Waals surface area contributed by atoms with E-state index < -0.39 is 5.91 Å². The highest BCUT2D eigenvalue weighted by Gasteiger charge is 2.28. The SMILES string of the molecule is CCc1ccc(C2CNCCN2C(=O)c2ccc(C(N)=O)nc2)cc1.Cl. The van der Waals surface area contributed by atoms with Gasteiger partial charge in [-0.25, -0.2) is 0 Å². The van der Waals surface area contributed by atoms with Gasteiger partial charge in [0.05, 0.1) is 11.6 Å². The second kappa shape index (κ2) is 8.78. The van der Waals surface area contributed by atoms with Crippen molar-refractivity contribution in [3.8, 4) is 0 Å². The quantitative estimate of drug-likeness (QED) is 0.856. The molecule has 0 radical (unpaired) electrons. The summed E-state index contributed by atoms with van der Waals surface area (Å²) in [5.74, 6) is -0.690. The first-order valence-corrected chi connectivity index (χ1v) is 8.46. The first-order valence-electron chi connectivity index (χ1n) is 8.46. The lowest BCUT2D eigenvalue weighted by molar-refractivity contribution is 0.0633. The third kappa shape index (κ3) is 4.20. The number of piperazine rings is 1. The number of nitrogens with zero attached hydrogens (tertiary/aromatic N) is 2. The summed E-state index contributed by atoms with van der Waals surface area (Å²) < 4.78 is 0. The molecule has 3 N–H and O–H groups in total. The molecule has 1 aromatic heterocycles. The molecule has 2 aromatic rings. The van der Waals surface area contributed by atoms with Gasteiger partial charge in [-0.2, -0.15) is 0 Å². The maximum absolute atomic E-state index is 12.9. The van der Waals surface area contributed by atoms with E-state index in [1.54, 1.807) is 6.07 Å². The molecule has 26 heavy (non-hydrogen) atoms. The van der Waals surface area contributed by atoms with Gasteiger partial charge in [-0.05, 0) is 29.7 Å². The molecular formula is C19H23ClN4O2. The minimum Gasteiger partial charge on any atom is -0.364 e. The first-order chi connectivity index (χ1) is 12.1. The molecule has 7 heteroatoms. The van der Waals surface area contributed by atoms with Crippen LogP contribution in [0.15, 0.2) is 42.6 Å². The Labute approximate surface area is 159 Å². The summed E-state index contributed by atoms with van der Waals surface area (Å²) in [7, 11) is 0. The maximum atomic E-state index is 12.9. The van der Waals surface area contributed by atoms with Gasteiger partial charge >= 0.3 is 0 Å². The fraction of sp³-hybridized carbons (Fsp3) is 0.316. The van der Waals surface area contributed by atoms with Crippen molar-refractivity contribution in [1.29, 1.82) is 0 Å². The predicted octanol–water partition coefficient (Wildman–Crippen LogP) is 1.95. The predicted molar refractivity (Wildman–Crippen MR) is 102 cm³/mol. The number of halogens is 1. The van der Waals surface area contributed by atoms with Crippen molar-refractivity contribution in [1.82, 2.24) is 15.2 Å². The van der Waals surface area contributed by atoms with E-state index in [1.165, 1.54) is 17.8 Å². The van der Waals surface area contributed by atoms with E-state index >= 15 is 0 Å². The third-order valence-electron chi connectivity index (χ3n) is 4.54. The maximum Gasteiger partial charge on any atom is 0.267 e. The van der Waals surface area contributed by atoms with Crippen LogP contribution < -0.4 is 11.1 Å².